The van der Waals surface area contributed by atoms with Crippen molar-refractivity contribution in [3.05, 3.63) is 35.4 Å². The first kappa shape index (κ1) is 13.6. The van der Waals surface area contributed by atoms with E-state index in [1.54, 1.807) is 24.3 Å². The molecule has 0 radical (unpaired) electrons. The molecule has 19 heavy (non-hydrogen) atoms. The molecule has 1 amide bonds. The summed E-state index contributed by atoms with van der Waals surface area (Å²) in [6.45, 7) is 2.28. The van der Waals surface area contributed by atoms with Gasteiger partial charge in [-0.05, 0) is 49.4 Å². The van der Waals surface area contributed by atoms with Gasteiger partial charge in [0.25, 0.3) is 5.91 Å². The molecule has 100 valence electrons. The second kappa shape index (κ2) is 6.38. The van der Waals surface area contributed by atoms with Gasteiger partial charge in [-0.25, -0.2) is 0 Å². The molecule has 2 rings (SSSR count). The van der Waals surface area contributed by atoms with Gasteiger partial charge in [-0.2, -0.15) is 5.26 Å². The lowest BCUT2D eigenvalue weighted by Gasteiger charge is -2.16. The number of carbonyl (C=O) groups is 1. The predicted octanol–water partition coefficient (Wildman–Crippen LogP) is 3.26. The lowest BCUT2D eigenvalue weighted by molar-refractivity contribution is 0.0933. The molecule has 0 aliphatic heterocycles. The molecule has 1 N–H and O–H groups in total. The minimum absolute atomic E-state index is 0.0240. The molecular formula is C16H20N2O. The predicted molar refractivity (Wildman–Crippen MR) is 74.7 cm³/mol. The highest BCUT2D eigenvalue weighted by Gasteiger charge is 2.18. The topological polar surface area (TPSA) is 52.9 Å². The van der Waals surface area contributed by atoms with Crippen LogP contribution in [0.15, 0.2) is 24.3 Å². The van der Waals surface area contributed by atoms with E-state index in [9.17, 15) is 4.79 Å². The number of benzene rings is 1. The van der Waals surface area contributed by atoms with Gasteiger partial charge in [-0.3, -0.25) is 4.79 Å². The number of rotatable bonds is 2. The maximum absolute atomic E-state index is 12.1. The van der Waals surface area contributed by atoms with Crippen LogP contribution in [0.4, 0.5) is 0 Å². The summed E-state index contributed by atoms with van der Waals surface area (Å²) in [4.78, 5) is 12.1. The minimum atomic E-state index is -0.0240. The van der Waals surface area contributed by atoms with Crippen LogP contribution in [-0.2, 0) is 0 Å². The van der Waals surface area contributed by atoms with E-state index in [4.69, 9.17) is 5.26 Å². The molecule has 2 atom stereocenters. The molecule has 0 heterocycles. The van der Waals surface area contributed by atoms with Gasteiger partial charge in [0.1, 0.15) is 0 Å². The van der Waals surface area contributed by atoms with Crippen molar-refractivity contribution in [2.75, 3.05) is 0 Å². The molecular weight excluding hydrogens is 236 g/mol. The first-order valence-electron chi connectivity index (χ1n) is 7.00. The highest BCUT2D eigenvalue weighted by Crippen LogP contribution is 2.22. The molecule has 0 saturated heterocycles. The standard InChI is InChI=1S/C16H20N2O/c1-12-3-2-4-15(10-5-12)18-16(19)14-8-6-13(11-17)7-9-14/h6-9,12,15H,2-5,10H2,1H3,(H,18,19). The second-order valence-electron chi connectivity index (χ2n) is 5.47. The highest BCUT2D eigenvalue weighted by molar-refractivity contribution is 5.94. The van der Waals surface area contributed by atoms with Crippen molar-refractivity contribution in [2.45, 2.75) is 45.1 Å². The summed E-state index contributed by atoms with van der Waals surface area (Å²) in [7, 11) is 0. The fourth-order valence-electron chi connectivity index (χ4n) is 2.60. The Morgan fingerprint density at radius 2 is 1.95 bits per heavy atom. The lowest BCUT2D eigenvalue weighted by Crippen LogP contribution is -2.34. The molecule has 1 saturated carbocycles. The van der Waals surface area contributed by atoms with E-state index in [1.807, 2.05) is 0 Å². The SMILES string of the molecule is CC1CCCC(NC(=O)c2ccc(C#N)cc2)CC1. The summed E-state index contributed by atoms with van der Waals surface area (Å²) < 4.78 is 0. The minimum Gasteiger partial charge on any atom is -0.349 e. The van der Waals surface area contributed by atoms with Crippen LogP contribution in [0.1, 0.15) is 54.9 Å². The van der Waals surface area contributed by atoms with E-state index < -0.39 is 0 Å². The fraction of sp³-hybridized carbons (Fsp3) is 0.500. The fourth-order valence-corrected chi connectivity index (χ4v) is 2.60. The Hall–Kier alpha value is -1.82. The summed E-state index contributed by atoms with van der Waals surface area (Å²) >= 11 is 0. The summed E-state index contributed by atoms with van der Waals surface area (Å²) in [6, 6.07) is 9.16. The maximum atomic E-state index is 12.1. The van der Waals surface area contributed by atoms with E-state index in [-0.39, 0.29) is 5.91 Å². The molecule has 0 spiro atoms. The van der Waals surface area contributed by atoms with Gasteiger partial charge in [-0.1, -0.05) is 19.8 Å². The smallest absolute Gasteiger partial charge is 0.251 e. The molecule has 0 aromatic heterocycles. The van der Waals surface area contributed by atoms with Gasteiger partial charge in [0.15, 0.2) is 0 Å². The molecule has 0 bridgehead atoms. The van der Waals surface area contributed by atoms with Crippen molar-refractivity contribution in [1.82, 2.24) is 5.32 Å². The van der Waals surface area contributed by atoms with Crippen molar-refractivity contribution >= 4 is 5.91 Å². The van der Waals surface area contributed by atoms with E-state index in [2.05, 4.69) is 18.3 Å². The molecule has 3 heteroatoms. The Balaban J connectivity index is 1.94. The zero-order valence-electron chi connectivity index (χ0n) is 11.4. The van der Waals surface area contributed by atoms with Crippen molar-refractivity contribution in [2.24, 2.45) is 5.92 Å². The quantitative estimate of drug-likeness (QED) is 0.826. The second-order valence-corrected chi connectivity index (χ2v) is 5.47. The molecule has 2 unspecified atom stereocenters. The van der Waals surface area contributed by atoms with Gasteiger partial charge in [0, 0.05) is 11.6 Å². The maximum Gasteiger partial charge on any atom is 0.251 e. The Bertz CT molecular complexity index is 473. The van der Waals surface area contributed by atoms with E-state index in [1.165, 1.54) is 19.3 Å². The van der Waals surface area contributed by atoms with Gasteiger partial charge >= 0.3 is 0 Å². The van der Waals surface area contributed by atoms with Gasteiger partial charge in [0.05, 0.1) is 11.6 Å². The van der Waals surface area contributed by atoms with E-state index >= 15 is 0 Å². The zero-order valence-corrected chi connectivity index (χ0v) is 11.4. The molecule has 1 fully saturated rings. The van der Waals surface area contributed by atoms with Gasteiger partial charge in [0.2, 0.25) is 0 Å². The number of carbonyl (C=O) groups excluding carboxylic acids is 1. The number of nitriles is 1. The summed E-state index contributed by atoms with van der Waals surface area (Å²) in [5.41, 5.74) is 1.22. The monoisotopic (exact) mass is 256 g/mol. The van der Waals surface area contributed by atoms with Crippen LogP contribution in [-0.4, -0.2) is 11.9 Å². The zero-order chi connectivity index (χ0) is 13.7. The van der Waals surface area contributed by atoms with Gasteiger partial charge < -0.3 is 5.32 Å². The Morgan fingerprint density at radius 3 is 2.63 bits per heavy atom. The Labute approximate surface area is 114 Å². The molecule has 1 aliphatic rings. The van der Waals surface area contributed by atoms with Crippen LogP contribution in [0.3, 0.4) is 0 Å². The van der Waals surface area contributed by atoms with E-state index in [0.717, 1.165) is 18.8 Å². The molecule has 1 aliphatic carbocycles. The van der Waals surface area contributed by atoms with Gasteiger partial charge in [-0.15, -0.1) is 0 Å². The highest BCUT2D eigenvalue weighted by atomic mass is 16.1. The number of hydrogen-bond donors (Lipinski definition) is 1. The first-order chi connectivity index (χ1) is 9.19. The number of hydrogen-bond acceptors (Lipinski definition) is 2. The van der Waals surface area contributed by atoms with E-state index in [0.29, 0.717) is 17.2 Å². The van der Waals surface area contributed by atoms with Crippen LogP contribution in [0, 0.1) is 17.2 Å². The lowest BCUT2D eigenvalue weighted by atomic mass is 10.0. The molecule has 1 aromatic rings. The molecule has 1 aromatic carbocycles. The molecule has 3 nitrogen and oxygen atoms in total. The third-order valence-electron chi connectivity index (χ3n) is 3.87. The van der Waals surface area contributed by atoms with Crippen LogP contribution in [0.5, 0.6) is 0 Å². The first-order valence-corrected chi connectivity index (χ1v) is 7.00. The Morgan fingerprint density at radius 1 is 1.21 bits per heavy atom. The number of amides is 1. The van der Waals surface area contributed by atoms with Crippen LogP contribution < -0.4 is 5.32 Å². The van der Waals surface area contributed by atoms with Crippen LogP contribution in [0.2, 0.25) is 0 Å². The van der Waals surface area contributed by atoms with Crippen molar-refractivity contribution in [1.29, 1.82) is 5.26 Å². The van der Waals surface area contributed by atoms with Crippen molar-refractivity contribution < 1.29 is 4.79 Å². The van der Waals surface area contributed by atoms with Crippen molar-refractivity contribution in [3.63, 3.8) is 0 Å². The summed E-state index contributed by atoms with van der Waals surface area (Å²) in [6.07, 6.45) is 5.80. The average molecular weight is 256 g/mol. The number of nitrogens with one attached hydrogen (secondary N) is 1. The normalized spacial score (nSPS) is 23.2. The number of nitrogens with zero attached hydrogens (tertiary/aromatic N) is 1. The Kier molecular flexibility index (Phi) is 4.57. The van der Waals surface area contributed by atoms with Crippen LogP contribution in [0.25, 0.3) is 0 Å². The summed E-state index contributed by atoms with van der Waals surface area (Å²) in [5.74, 6) is 0.751. The largest absolute Gasteiger partial charge is 0.349 e. The van der Waals surface area contributed by atoms with Crippen molar-refractivity contribution in [3.8, 4) is 6.07 Å². The third-order valence-corrected chi connectivity index (χ3v) is 3.87. The summed E-state index contributed by atoms with van der Waals surface area (Å²) in [5, 5.41) is 11.8. The third kappa shape index (κ3) is 3.82. The average Bonchev–Trinajstić information content (AvgIpc) is 2.64. The van der Waals surface area contributed by atoms with Crippen LogP contribution >= 0.6 is 0 Å².